The fourth-order valence-corrected chi connectivity index (χ4v) is 4.03. The van der Waals surface area contributed by atoms with Gasteiger partial charge < -0.3 is 9.47 Å². The van der Waals surface area contributed by atoms with E-state index in [4.69, 9.17) is 24.4 Å². The topological polar surface area (TPSA) is 84.1 Å². The van der Waals surface area contributed by atoms with Crippen LogP contribution in [0.25, 0.3) is 38.9 Å². The second-order valence-corrected chi connectivity index (χ2v) is 8.38. The van der Waals surface area contributed by atoms with Crippen LogP contribution < -0.4 is 15.0 Å². The average Bonchev–Trinajstić information content (AvgIpc) is 3.15. The Morgan fingerprint density at radius 1 is 0.970 bits per heavy atom. The van der Waals surface area contributed by atoms with E-state index in [2.05, 4.69) is 13.8 Å². The van der Waals surface area contributed by atoms with Crippen molar-refractivity contribution in [2.75, 3.05) is 14.2 Å². The van der Waals surface area contributed by atoms with Gasteiger partial charge in [0.25, 0.3) is 5.56 Å². The van der Waals surface area contributed by atoms with Crippen molar-refractivity contribution >= 4 is 33.2 Å². The molecule has 0 saturated carbocycles. The summed E-state index contributed by atoms with van der Waals surface area (Å²) in [6, 6.07) is 13.1. The monoisotopic (exact) mass is 443 g/mol. The summed E-state index contributed by atoms with van der Waals surface area (Å²) in [6.07, 6.45) is 2.49. The van der Waals surface area contributed by atoms with E-state index >= 15 is 0 Å². The number of aromatic nitrogens is 5. The van der Waals surface area contributed by atoms with E-state index < -0.39 is 0 Å². The van der Waals surface area contributed by atoms with E-state index in [1.807, 2.05) is 41.0 Å². The van der Waals surface area contributed by atoms with E-state index in [0.717, 1.165) is 17.5 Å². The van der Waals surface area contributed by atoms with Crippen molar-refractivity contribution in [3.63, 3.8) is 0 Å². The molecule has 0 fully saturated rings. The summed E-state index contributed by atoms with van der Waals surface area (Å²) < 4.78 is 14.5. The highest BCUT2D eigenvalue weighted by molar-refractivity contribution is 6.06. The SMILES string of the molecule is COc1ccc(-n2c3nc4ccccc4nc3c3c(=O)n(CCC(C)C)cnc32)c(OC)c1. The molecule has 0 aliphatic rings. The first-order chi connectivity index (χ1) is 16.0. The molecule has 3 aromatic heterocycles. The largest absolute Gasteiger partial charge is 0.497 e. The Hall–Kier alpha value is -3.94. The molecule has 0 atom stereocenters. The minimum atomic E-state index is -0.124. The number of rotatable bonds is 6. The molecule has 0 bridgehead atoms. The molecule has 8 heteroatoms. The summed E-state index contributed by atoms with van der Waals surface area (Å²) in [4.78, 5) is 28.0. The lowest BCUT2D eigenvalue weighted by molar-refractivity contribution is 0.393. The van der Waals surface area contributed by atoms with Crippen molar-refractivity contribution in [1.82, 2.24) is 24.1 Å². The highest BCUT2D eigenvalue weighted by atomic mass is 16.5. The lowest BCUT2D eigenvalue weighted by atomic mass is 10.1. The Labute approximate surface area is 190 Å². The molecule has 3 heterocycles. The molecule has 0 saturated heterocycles. The molecular formula is C25H25N5O3. The summed E-state index contributed by atoms with van der Waals surface area (Å²) in [5, 5.41) is 0.451. The van der Waals surface area contributed by atoms with E-state index in [0.29, 0.717) is 51.8 Å². The van der Waals surface area contributed by atoms with Crippen LogP contribution in [0.5, 0.6) is 11.5 Å². The Kier molecular flexibility index (Phi) is 5.20. The van der Waals surface area contributed by atoms with Crippen LogP contribution in [0, 0.1) is 5.92 Å². The van der Waals surface area contributed by atoms with Gasteiger partial charge in [-0.25, -0.2) is 15.0 Å². The second kappa shape index (κ2) is 8.20. The number of benzene rings is 2. The highest BCUT2D eigenvalue weighted by Crippen LogP contribution is 2.34. The molecule has 0 spiro atoms. The van der Waals surface area contributed by atoms with Gasteiger partial charge in [0.05, 0.1) is 37.3 Å². The van der Waals surface area contributed by atoms with E-state index in [-0.39, 0.29) is 5.56 Å². The molecule has 5 rings (SSSR count). The molecular weight excluding hydrogens is 418 g/mol. The molecule has 0 aliphatic heterocycles. The summed E-state index contributed by atoms with van der Waals surface area (Å²) in [6.45, 7) is 4.87. The molecule has 168 valence electrons. The number of hydrogen-bond donors (Lipinski definition) is 0. The van der Waals surface area contributed by atoms with E-state index in [9.17, 15) is 4.79 Å². The molecule has 0 unspecified atom stereocenters. The number of methoxy groups -OCH3 is 2. The van der Waals surface area contributed by atoms with Crippen LogP contribution in [-0.4, -0.2) is 38.3 Å². The minimum Gasteiger partial charge on any atom is -0.497 e. The van der Waals surface area contributed by atoms with Gasteiger partial charge in [-0.15, -0.1) is 0 Å². The van der Waals surface area contributed by atoms with Gasteiger partial charge in [0, 0.05) is 12.6 Å². The fraction of sp³-hybridized carbons (Fsp3) is 0.280. The lowest BCUT2D eigenvalue weighted by Crippen LogP contribution is -2.21. The third-order valence-electron chi connectivity index (χ3n) is 5.81. The van der Waals surface area contributed by atoms with Gasteiger partial charge in [-0.1, -0.05) is 26.0 Å². The lowest BCUT2D eigenvalue weighted by Gasteiger charge is -2.13. The Morgan fingerprint density at radius 3 is 2.42 bits per heavy atom. The molecule has 33 heavy (non-hydrogen) atoms. The van der Waals surface area contributed by atoms with Gasteiger partial charge in [-0.2, -0.15) is 0 Å². The number of hydrogen-bond acceptors (Lipinski definition) is 6. The van der Waals surface area contributed by atoms with Crippen LogP contribution in [0.1, 0.15) is 20.3 Å². The van der Waals surface area contributed by atoms with Crippen molar-refractivity contribution in [1.29, 1.82) is 0 Å². The molecule has 0 amide bonds. The summed E-state index contributed by atoms with van der Waals surface area (Å²) in [5.74, 6) is 1.71. The van der Waals surface area contributed by atoms with Gasteiger partial charge in [-0.3, -0.25) is 13.9 Å². The first-order valence-electron chi connectivity index (χ1n) is 10.9. The molecule has 8 nitrogen and oxygen atoms in total. The van der Waals surface area contributed by atoms with Crippen LogP contribution >= 0.6 is 0 Å². The number of nitrogens with zero attached hydrogens (tertiary/aromatic N) is 5. The summed E-state index contributed by atoms with van der Waals surface area (Å²) in [5.41, 5.74) is 3.62. The molecule has 5 aromatic rings. The van der Waals surface area contributed by atoms with Crippen molar-refractivity contribution < 1.29 is 9.47 Å². The van der Waals surface area contributed by atoms with E-state index in [1.54, 1.807) is 31.2 Å². The second-order valence-electron chi connectivity index (χ2n) is 8.38. The van der Waals surface area contributed by atoms with Crippen LogP contribution in [-0.2, 0) is 6.54 Å². The predicted octanol–water partition coefficient (Wildman–Crippen LogP) is 4.35. The highest BCUT2D eigenvalue weighted by Gasteiger charge is 2.22. The maximum absolute atomic E-state index is 13.6. The maximum Gasteiger partial charge on any atom is 0.265 e. The van der Waals surface area contributed by atoms with Crippen molar-refractivity contribution in [3.05, 3.63) is 59.1 Å². The zero-order chi connectivity index (χ0) is 23.1. The third kappa shape index (κ3) is 3.47. The van der Waals surface area contributed by atoms with Crippen LogP contribution in [0.4, 0.5) is 0 Å². The molecule has 2 aromatic carbocycles. The van der Waals surface area contributed by atoms with Crippen LogP contribution in [0.2, 0.25) is 0 Å². The van der Waals surface area contributed by atoms with Gasteiger partial charge >= 0.3 is 0 Å². The van der Waals surface area contributed by atoms with Gasteiger partial charge in [0.2, 0.25) is 0 Å². The van der Waals surface area contributed by atoms with Crippen molar-refractivity contribution in [2.45, 2.75) is 26.8 Å². The quantitative estimate of drug-likeness (QED) is 0.388. The molecule has 0 N–H and O–H groups in total. The Bertz CT molecular complexity index is 1550. The van der Waals surface area contributed by atoms with Gasteiger partial charge in [0.15, 0.2) is 11.3 Å². The number of fused-ring (bicyclic) bond motifs is 4. The Balaban J connectivity index is 1.89. The van der Waals surface area contributed by atoms with Crippen LogP contribution in [0.15, 0.2) is 53.6 Å². The predicted molar refractivity (Wildman–Crippen MR) is 128 cm³/mol. The van der Waals surface area contributed by atoms with Gasteiger partial charge in [0.1, 0.15) is 22.4 Å². The van der Waals surface area contributed by atoms with Crippen molar-refractivity contribution in [2.24, 2.45) is 5.92 Å². The summed E-state index contributed by atoms with van der Waals surface area (Å²) in [7, 11) is 3.20. The van der Waals surface area contributed by atoms with Crippen molar-refractivity contribution in [3.8, 4) is 17.2 Å². The Morgan fingerprint density at radius 2 is 1.73 bits per heavy atom. The number of aryl methyl sites for hydroxylation is 1. The number of ether oxygens (including phenoxy) is 2. The van der Waals surface area contributed by atoms with Crippen LogP contribution in [0.3, 0.4) is 0 Å². The maximum atomic E-state index is 13.6. The molecule has 0 aliphatic carbocycles. The summed E-state index contributed by atoms with van der Waals surface area (Å²) >= 11 is 0. The zero-order valence-electron chi connectivity index (χ0n) is 19.1. The van der Waals surface area contributed by atoms with E-state index in [1.165, 1.54) is 0 Å². The minimum absolute atomic E-state index is 0.124. The normalized spacial score (nSPS) is 11.7. The average molecular weight is 444 g/mol. The molecule has 0 radical (unpaired) electrons. The van der Waals surface area contributed by atoms with Gasteiger partial charge in [-0.05, 0) is 36.6 Å². The fourth-order valence-electron chi connectivity index (χ4n) is 4.03. The zero-order valence-corrected chi connectivity index (χ0v) is 19.1. The first-order valence-corrected chi connectivity index (χ1v) is 10.9. The third-order valence-corrected chi connectivity index (χ3v) is 5.81. The standard InChI is InChI=1S/C25H25N5O3/c1-15(2)11-12-29-14-26-23-21(25(29)31)22-24(28-18-8-6-5-7-17(18)27-22)30(23)19-10-9-16(32-3)13-20(19)33-4/h5-10,13-15H,11-12H2,1-4H3. The smallest absolute Gasteiger partial charge is 0.265 e. The first kappa shape index (κ1) is 20.9. The number of para-hydroxylation sites is 2.